The topological polar surface area (TPSA) is 76.7 Å². The first-order valence-electron chi connectivity index (χ1n) is 13.7. The molecule has 42 heavy (non-hydrogen) atoms. The zero-order chi connectivity index (χ0) is 31.1. The molecule has 3 rings (SSSR count). The van der Waals surface area contributed by atoms with Crippen molar-refractivity contribution in [3.8, 4) is 0 Å². The molecule has 2 aromatic carbocycles. The summed E-state index contributed by atoms with van der Waals surface area (Å²) in [4.78, 5) is 25.0. The molecule has 1 fully saturated rings. The summed E-state index contributed by atoms with van der Waals surface area (Å²) < 4.78 is 90.1. The van der Waals surface area contributed by atoms with Crippen molar-refractivity contribution >= 4 is 12.0 Å². The van der Waals surface area contributed by atoms with E-state index in [1.165, 1.54) is 0 Å². The Hall–Kier alpha value is -3.28. The highest BCUT2D eigenvalue weighted by atomic mass is 19.4. The predicted molar refractivity (Wildman–Crippen MR) is 143 cm³/mol. The molecule has 6 nitrogen and oxygen atoms in total. The number of alkyl halides is 6. The van der Waals surface area contributed by atoms with Gasteiger partial charge in [0.25, 0.3) is 0 Å². The third-order valence-corrected chi connectivity index (χ3v) is 6.85. The van der Waals surface area contributed by atoms with Crippen LogP contribution < -0.4 is 10.6 Å². The van der Waals surface area contributed by atoms with Crippen LogP contribution in [0.3, 0.4) is 0 Å². The Bertz CT molecular complexity index is 1150. The van der Waals surface area contributed by atoms with E-state index < -0.39 is 47.7 Å². The lowest BCUT2D eigenvalue weighted by atomic mass is 9.85. The first-order valence-corrected chi connectivity index (χ1v) is 13.7. The van der Waals surface area contributed by atoms with Gasteiger partial charge >= 0.3 is 18.4 Å². The Morgan fingerprint density at radius 2 is 1.45 bits per heavy atom. The second-order valence-corrected chi connectivity index (χ2v) is 11.5. The minimum absolute atomic E-state index is 0.0472. The Labute approximate surface area is 241 Å². The van der Waals surface area contributed by atoms with Crippen molar-refractivity contribution in [2.75, 3.05) is 13.2 Å². The van der Waals surface area contributed by atoms with Gasteiger partial charge in [0.15, 0.2) is 0 Å². The fraction of sp³-hybridized carbons (Fsp3) is 0.533. The van der Waals surface area contributed by atoms with E-state index in [9.17, 15) is 35.9 Å². The van der Waals surface area contributed by atoms with Gasteiger partial charge < -0.3 is 20.1 Å². The van der Waals surface area contributed by atoms with E-state index in [0.717, 1.165) is 5.56 Å². The predicted octanol–water partition coefficient (Wildman–Crippen LogP) is 7.22. The molecule has 1 aliphatic carbocycles. The minimum Gasteiger partial charge on any atom is -0.444 e. The maximum Gasteiger partial charge on any atom is 0.416 e. The number of amides is 2. The van der Waals surface area contributed by atoms with E-state index in [-0.39, 0.29) is 42.6 Å². The number of alkyl carbamates (subject to hydrolysis) is 1. The van der Waals surface area contributed by atoms with Gasteiger partial charge in [0.05, 0.1) is 24.3 Å². The number of hydrogen-bond acceptors (Lipinski definition) is 4. The summed E-state index contributed by atoms with van der Waals surface area (Å²) in [6.07, 6.45) is -8.04. The van der Waals surface area contributed by atoms with Crippen LogP contribution in [-0.2, 0) is 33.2 Å². The molecule has 1 atom stereocenters. The van der Waals surface area contributed by atoms with Crippen LogP contribution in [-0.4, -0.2) is 36.8 Å². The molecule has 0 aromatic heterocycles. The zero-order valence-corrected chi connectivity index (χ0v) is 23.7. The van der Waals surface area contributed by atoms with Crippen LogP contribution in [0.1, 0.15) is 74.6 Å². The summed E-state index contributed by atoms with van der Waals surface area (Å²) >= 11 is 0. The number of halogens is 6. The zero-order valence-electron chi connectivity index (χ0n) is 23.7. The lowest BCUT2D eigenvalue weighted by molar-refractivity contribution is -0.143. The van der Waals surface area contributed by atoms with Crippen LogP contribution in [0.5, 0.6) is 0 Å². The smallest absolute Gasteiger partial charge is 0.416 e. The van der Waals surface area contributed by atoms with Gasteiger partial charge in [0, 0.05) is 24.4 Å². The second-order valence-electron chi connectivity index (χ2n) is 11.5. The summed E-state index contributed by atoms with van der Waals surface area (Å²) in [5.74, 6) is -0.822. The molecule has 2 N–H and O–H groups in total. The number of nitrogens with one attached hydrogen (secondary N) is 2. The molecule has 0 saturated heterocycles. The van der Waals surface area contributed by atoms with Crippen LogP contribution >= 0.6 is 0 Å². The van der Waals surface area contributed by atoms with Gasteiger partial charge in [-0.1, -0.05) is 30.3 Å². The Balaban J connectivity index is 1.57. The maximum absolute atomic E-state index is 13.2. The van der Waals surface area contributed by atoms with Gasteiger partial charge in [0.2, 0.25) is 5.91 Å². The SMILES string of the molecule is CC(C)(C)OC(=O)NC1CCC(C(=O)NCC(COCc2cc(C(F)(F)F)cc(C(F)(F)F)c2)c2ccccc2)CC1. The summed E-state index contributed by atoms with van der Waals surface area (Å²) in [6, 6.07) is 10.2. The van der Waals surface area contributed by atoms with Crippen molar-refractivity contribution in [3.05, 3.63) is 70.8 Å². The van der Waals surface area contributed by atoms with Crippen molar-refractivity contribution < 1.29 is 45.4 Å². The molecule has 0 heterocycles. The molecular formula is C30H36F6N2O4. The van der Waals surface area contributed by atoms with E-state index in [1.807, 2.05) is 0 Å². The number of ether oxygens (including phenoxy) is 2. The molecule has 1 aliphatic rings. The number of carbonyl (C=O) groups excluding carboxylic acids is 2. The van der Waals surface area contributed by atoms with E-state index in [2.05, 4.69) is 10.6 Å². The third-order valence-electron chi connectivity index (χ3n) is 6.85. The van der Waals surface area contributed by atoms with Gasteiger partial charge in [0.1, 0.15) is 5.60 Å². The molecule has 0 radical (unpaired) electrons. The quantitative estimate of drug-likeness (QED) is 0.297. The van der Waals surface area contributed by atoms with Crippen LogP contribution in [0, 0.1) is 5.92 Å². The molecule has 2 amide bonds. The lowest BCUT2D eigenvalue weighted by Gasteiger charge is -2.30. The van der Waals surface area contributed by atoms with Gasteiger partial charge in [-0.05, 0) is 75.8 Å². The molecule has 2 aromatic rings. The fourth-order valence-electron chi connectivity index (χ4n) is 4.76. The Morgan fingerprint density at radius 3 is 1.98 bits per heavy atom. The Morgan fingerprint density at radius 1 is 0.881 bits per heavy atom. The maximum atomic E-state index is 13.2. The largest absolute Gasteiger partial charge is 0.444 e. The summed E-state index contributed by atoms with van der Waals surface area (Å²) in [5, 5.41) is 5.75. The van der Waals surface area contributed by atoms with E-state index >= 15 is 0 Å². The highest BCUT2D eigenvalue weighted by Crippen LogP contribution is 2.36. The molecular weight excluding hydrogens is 566 g/mol. The van der Waals surface area contributed by atoms with E-state index in [4.69, 9.17) is 9.47 Å². The average Bonchev–Trinajstić information content (AvgIpc) is 2.89. The van der Waals surface area contributed by atoms with Crippen LogP contribution in [0.15, 0.2) is 48.5 Å². The first kappa shape index (κ1) is 33.2. The molecule has 0 aliphatic heterocycles. The van der Waals surface area contributed by atoms with Gasteiger partial charge in [-0.15, -0.1) is 0 Å². The van der Waals surface area contributed by atoms with Crippen LogP contribution in [0.25, 0.3) is 0 Å². The summed E-state index contributed by atoms with van der Waals surface area (Å²) in [5.41, 5.74) is -2.88. The fourth-order valence-corrected chi connectivity index (χ4v) is 4.76. The van der Waals surface area contributed by atoms with Gasteiger partial charge in [-0.25, -0.2) is 4.79 Å². The highest BCUT2D eigenvalue weighted by Gasteiger charge is 2.37. The van der Waals surface area contributed by atoms with Crippen molar-refractivity contribution in [1.29, 1.82) is 0 Å². The Kier molecular flexibility index (Phi) is 10.9. The number of benzene rings is 2. The monoisotopic (exact) mass is 602 g/mol. The third kappa shape index (κ3) is 10.5. The summed E-state index contributed by atoms with van der Waals surface area (Å²) in [7, 11) is 0. The van der Waals surface area contributed by atoms with Crippen molar-refractivity contribution in [2.45, 2.75) is 83.0 Å². The minimum atomic E-state index is -4.95. The van der Waals surface area contributed by atoms with E-state index in [1.54, 1.807) is 51.1 Å². The number of carbonyl (C=O) groups is 2. The molecule has 0 bridgehead atoms. The van der Waals surface area contributed by atoms with Gasteiger partial charge in [-0.2, -0.15) is 26.3 Å². The van der Waals surface area contributed by atoms with E-state index in [0.29, 0.717) is 37.8 Å². The van der Waals surface area contributed by atoms with Crippen molar-refractivity contribution in [3.63, 3.8) is 0 Å². The molecule has 232 valence electrons. The molecule has 1 saturated carbocycles. The first-order chi connectivity index (χ1) is 19.5. The molecule has 0 spiro atoms. The lowest BCUT2D eigenvalue weighted by Crippen LogP contribution is -2.43. The average molecular weight is 603 g/mol. The van der Waals surface area contributed by atoms with Crippen LogP contribution in [0.2, 0.25) is 0 Å². The van der Waals surface area contributed by atoms with Gasteiger partial charge in [-0.3, -0.25) is 4.79 Å². The second kappa shape index (κ2) is 13.8. The van der Waals surface area contributed by atoms with Crippen LogP contribution in [0.4, 0.5) is 31.1 Å². The summed E-state index contributed by atoms with van der Waals surface area (Å²) in [6.45, 7) is 4.96. The normalized spacial score (nSPS) is 18.7. The van der Waals surface area contributed by atoms with Crippen molar-refractivity contribution in [1.82, 2.24) is 10.6 Å². The molecule has 12 heteroatoms. The number of hydrogen-bond donors (Lipinski definition) is 2. The standard InChI is InChI=1S/C30H36F6N2O4/c1-28(2,3)42-27(40)38-25-11-9-21(10-12-25)26(39)37-16-22(20-7-5-4-6-8-20)18-41-17-19-13-23(29(31,32)33)15-24(14-19)30(34,35)36/h4-8,13-15,21-22,25H,9-12,16-18H2,1-3H3,(H,37,39)(H,38,40). The number of rotatable bonds is 9. The van der Waals surface area contributed by atoms with Crippen molar-refractivity contribution in [2.24, 2.45) is 5.92 Å². The molecule has 1 unspecified atom stereocenters. The highest BCUT2D eigenvalue weighted by molar-refractivity contribution is 5.78.